The molecule has 1 spiro atoms. The molecule has 2 aliphatic rings. The second-order valence-electron chi connectivity index (χ2n) is 6.31. The van der Waals surface area contributed by atoms with Crippen molar-refractivity contribution in [3.63, 3.8) is 0 Å². The van der Waals surface area contributed by atoms with Gasteiger partial charge in [0.25, 0.3) is 0 Å². The van der Waals surface area contributed by atoms with Crippen LogP contribution >= 0.6 is 0 Å². The highest BCUT2D eigenvalue weighted by atomic mass is 16.5. The van der Waals surface area contributed by atoms with E-state index in [0.29, 0.717) is 0 Å². The highest BCUT2D eigenvalue weighted by molar-refractivity contribution is 4.99. The van der Waals surface area contributed by atoms with E-state index in [1.54, 1.807) is 0 Å². The summed E-state index contributed by atoms with van der Waals surface area (Å²) in [5.74, 6) is 0. The molecule has 1 unspecified atom stereocenters. The van der Waals surface area contributed by atoms with E-state index < -0.39 is 0 Å². The Hall–Kier alpha value is -0.120. The molecule has 16 heavy (non-hydrogen) atoms. The van der Waals surface area contributed by atoms with Crippen molar-refractivity contribution < 1.29 is 9.47 Å². The van der Waals surface area contributed by atoms with Gasteiger partial charge in [-0.15, -0.1) is 0 Å². The number of ether oxygens (including phenoxy) is 2. The molecular formula is C13H25NO2. The maximum absolute atomic E-state index is 6.41. The van der Waals surface area contributed by atoms with Crippen LogP contribution in [0.3, 0.4) is 0 Å². The Balaban J connectivity index is 2.14. The first-order valence-electron chi connectivity index (χ1n) is 6.40. The lowest BCUT2D eigenvalue weighted by molar-refractivity contribution is -0.240. The zero-order valence-electron chi connectivity index (χ0n) is 11.1. The van der Waals surface area contributed by atoms with Crippen LogP contribution in [0.4, 0.5) is 0 Å². The quantitative estimate of drug-likeness (QED) is 0.689. The summed E-state index contributed by atoms with van der Waals surface area (Å²) in [4.78, 5) is 0. The molecule has 0 aliphatic carbocycles. The van der Waals surface area contributed by atoms with Crippen molar-refractivity contribution >= 4 is 0 Å². The van der Waals surface area contributed by atoms with Crippen LogP contribution in [0.15, 0.2) is 0 Å². The molecule has 0 radical (unpaired) electrons. The Bertz CT molecular complexity index is 253. The van der Waals surface area contributed by atoms with Gasteiger partial charge in [-0.2, -0.15) is 0 Å². The summed E-state index contributed by atoms with van der Waals surface area (Å²) in [6.45, 7) is 11.6. The average Bonchev–Trinajstić information content (AvgIpc) is 2.39. The third kappa shape index (κ3) is 2.13. The Kier molecular flexibility index (Phi) is 3.06. The lowest BCUT2D eigenvalue weighted by Gasteiger charge is -2.54. The van der Waals surface area contributed by atoms with Crippen LogP contribution in [0.2, 0.25) is 0 Å². The minimum absolute atomic E-state index is 0.0808. The molecule has 94 valence electrons. The van der Waals surface area contributed by atoms with Crippen molar-refractivity contribution in [2.45, 2.75) is 58.3 Å². The van der Waals surface area contributed by atoms with Gasteiger partial charge >= 0.3 is 0 Å². The third-order valence-electron chi connectivity index (χ3n) is 4.45. The van der Waals surface area contributed by atoms with Crippen LogP contribution < -0.4 is 5.32 Å². The molecule has 1 N–H and O–H groups in total. The lowest BCUT2D eigenvalue weighted by Crippen LogP contribution is -2.65. The minimum atomic E-state index is -0.143. The van der Waals surface area contributed by atoms with Gasteiger partial charge < -0.3 is 9.47 Å². The van der Waals surface area contributed by atoms with Gasteiger partial charge in [0.05, 0.1) is 12.2 Å². The lowest BCUT2D eigenvalue weighted by atomic mass is 9.74. The van der Waals surface area contributed by atoms with Crippen molar-refractivity contribution in [1.29, 1.82) is 0 Å². The molecule has 0 amide bonds. The van der Waals surface area contributed by atoms with Crippen LogP contribution in [0.1, 0.15) is 47.0 Å². The van der Waals surface area contributed by atoms with E-state index in [4.69, 9.17) is 9.47 Å². The molecule has 2 saturated heterocycles. The standard InChI is InChI=1S/C13H25NO2/c1-11(2)10-14-13(16-12(11,3)4)6-5-8-15-9-7-13/h14H,5-10H2,1-4H3. The van der Waals surface area contributed by atoms with E-state index >= 15 is 0 Å². The Morgan fingerprint density at radius 2 is 1.75 bits per heavy atom. The van der Waals surface area contributed by atoms with Gasteiger partial charge in [-0.05, 0) is 26.7 Å². The molecule has 2 fully saturated rings. The molecule has 0 aromatic rings. The molecule has 3 nitrogen and oxygen atoms in total. The van der Waals surface area contributed by atoms with Crippen molar-refractivity contribution in [2.24, 2.45) is 5.41 Å². The number of hydrogen-bond acceptors (Lipinski definition) is 3. The predicted molar refractivity (Wildman–Crippen MR) is 64.3 cm³/mol. The Morgan fingerprint density at radius 3 is 2.44 bits per heavy atom. The van der Waals surface area contributed by atoms with Gasteiger partial charge in [-0.3, -0.25) is 5.32 Å². The average molecular weight is 227 g/mol. The monoisotopic (exact) mass is 227 g/mol. The van der Waals surface area contributed by atoms with Crippen molar-refractivity contribution in [1.82, 2.24) is 5.32 Å². The highest BCUT2D eigenvalue weighted by Gasteiger charge is 2.49. The topological polar surface area (TPSA) is 30.5 Å². The van der Waals surface area contributed by atoms with Crippen molar-refractivity contribution in [2.75, 3.05) is 19.8 Å². The molecule has 1 atom stereocenters. The van der Waals surface area contributed by atoms with Crippen LogP contribution in [0.25, 0.3) is 0 Å². The summed E-state index contributed by atoms with van der Waals surface area (Å²) < 4.78 is 11.9. The second-order valence-corrected chi connectivity index (χ2v) is 6.31. The van der Waals surface area contributed by atoms with Gasteiger partial charge in [0.2, 0.25) is 0 Å². The fourth-order valence-electron chi connectivity index (χ4n) is 2.46. The summed E-state index contributed by atoms with van der Waals surface area (Å²) in [7, 11) is 0. The van der Waals surface area contributed by atoms with E-state index in [2.05, 4.69) is 33.0 Å². The molecule has 2 heterocycles. The molecule has 2 rings (SSSR count). The van der Waals surface area contributed by atoms with Crippen LogP contribution in [0, 0.1) is 5.41 Å². The van der Waals surface area contributed by atoms with E-state index in [1.165, 1.54) is 0 Å². The largest absolute Gasteiger partial charge is 0.381 e. The van der Waals surface area contributed by atoms with Crippen LogP contribution in [0.5, 0.6) is 0 Å². The van der Waals surface area contributed by atoms with Crippen molar-refractivity contribution in [3.8, 4) is 0 Å². The van der Waals surface area contributed by atoms with E-state index in [-0.39, 0.29) is 16.7 Å². The molecule has 2 aliphatic heterocycles. The SMILES string of the molecule is CC1(C)CNC2(CCCOCC2)OC1(C)C. The molecule has 3 heteroatoms. The van der Waals surface area contributed by atoms with E-state index in [9.17, 15) is 0 Å². The molecule has 0 aromatic carbocycles. The normalized spacial score (nSPS) is 38.2. The molecule has 0 bridgehead atoms. The predicted octanol–water partition coefficient (Wildman–Crippen LogP) is 2.31. The third-order valence-corrected chi connectivity index (χ3v) is 4.45. The fourth-order valence-corrected chi connectivity index (χ4v) is 2.46. The highest BCUT2D eigenvalue weighted by Crippen LogP contribution is 2.42. The minimum Gasteiger partial charge on any atom is -0.381 e. The first kappa shape index (κ1) is 12.3. The van der Waals surface area contributed by atoms with Gasteiger partial charge in [0.15, 0.2) is 0 Å². The summed E-state index contributed by atoms with van der Waals surface area (Å²) >= 11 is 0. The number of rotatable bonds is 0. The maximum Gasteiger partial charge on any atom is 0.122 e. The Morgan fingerprint density at radius 1 is 1.00 bits per heavy atom. The zero-order chi connectivity index (χ0) is 11.9. The first-order chi connectivity index (χ1) is 7.37. The maximum atomic E-state index is 6.41. The number of hydrogen-bond donors (Lipinski definition) is 1. The summed E-state index contributed by atoms with van der Waals surface area (Å²) in [6, 6.07) is 0. The Labute approximate surface area is 98.9 Å². The summed E-state index contributed by atoms with van der Waals surface area (Å²) in [5.41, 5.74) is -0.0521. The summed E-state index contributed by atoms with van der Waals surface area (Å²) in [5, 5.41) is 3.62. The smallest absolute Gasteiger partial charge is 0.122 e. The van der Waals surface area contributed by atoms with Crippen LogP contribution in [-0.2, 0) is 9.47 Å². The zero-order valence-corrected chi connectivity index (χ0v) is 11.1. The van der Waals surface area contributed by atoms with Gasteiger partial charge in [-0.1, -0.05) is 13.8 Å². The first-order valence-corrected chi connectivity index (χ1v) is 6.40. The second kappa shape index (κ2) is 3.97. The van der Waals surface area contributed by atoms with Gasteiger partial charge in [0, 0.05) is 25.0 Å². The summed E-state index contributed by atoms with van der Waals surface area (Å²) in [6.07, 6.45) is 3.11. The van der Waals surface area contributed by atoms with E-state index in [1.807, 2.05) is 0 Å². The van der Waals surface area contributed by atoms with Crippen LogP contribution in [-0.4, -0.2) is 31.1 Å². The molecule has 0 aromatic heterocycles. The fraction of sp³-hybridized carbons (Fsp3) is 1.00. The van der Waals surface area contributed by atoms with Gasteiger partial charge in [0.1, 0.15) is 5.72 Å². The molecule has 0 saturated carbocycles. The molecular weight excluding hydrogens is 202 g/mol. The van der Waals surface area contributed by atoms with Crippen molar-refractivity contribution in [3.05, 3.63) is 0 Å². The van der Waals surface area contributed by atoms with E-state index in [0.717, 1.165) is 39.0 Å². The number of nitrogens with one attached hydrogen (secondary N) is 1. The van der Waals surface area contributed by atoms with Gasteiger partial charge in [-0.25, -0.2) is 0 Å².